The first kappa shape index (κ1) is 79.1. The smallest absolute Gasteiger partial charge is 0.245 e. The van der Waals surface area contributed by atoms with E-state index in [9.17, 15) is 52.7 Å². The van der Waals surface area contributed by atoms with E-state index in [1.165, 1.54) is 71.4 Å². The van der Waals surface area contributed by atoms with Gasteiger partial charge in [-0.25, -0.2) is 0 Å². The fourth-order valence-electron chi connectivity index (χ4n) is 10.4. The van der Waals surface area contributed by atoms with Crippen LogP contribution in [-0.4, -0.2) is 223 Å². The largest absolute Gasteiger partial charge is 0.343 e. The maximum Gasteiger partial charge on any atom is 0.245 e. The Morgan fingerprint density at radius 3 is 1.32 bits per heavy atom. The summed E-state index contributed by atoms with van der Waals surface area (Å²) < 4.78 is 0. The minimum Gasteiger partial charge on any atom is -0.343 e. The summed E-state index contributed by atoms with van der Waals surface area (Å²) in [5, 5.41) is 11.1. The van der Waals surface area contributed by atoms with Gasteiger partial charge in [-0.2, -0.15) is 0 Å². The number of aldehydes is 1. The van der Waals surface area contributed by atoms with Gasteiger partial charge in [0.1, 0.15) is 54.6 Å². The summed E-state index contributed by atoms with van der Waals surface area (Å²) in [6.45, 7) is 30.7. The van der Waals surface area contributed by atoms with E-state index in [4.69, 9.17) is 0 Å². The molecule has 11 atom stereocenters. The van der Waals surface area contributed by atoms with Crippen LogP contribution in [0, 0.1) is 41.4 Å². The van der Waals surface area contributed by atoms with E-state index in [0.717, 1.165) is 6.29 Å². The Balaban J connectivity index is 6.52. The molecule has 0 saturated heterocycles. The van der Waals surface area contributed by atoms with Gasteiger partial charge in [-0.1, -0.05) is 109 Å². The minimum absolute atomic E-state index is 0.00230. The SMILES string of the molecule is C/C=C/C[C@@H](C)C[C@@H](C(=O)N[C@@H](CC)C(=O)N(C)CC(=O)N(C)[C@@H](CC(C)C)C(=O)NC(C(=O)N(C)[C@@H](CC(C)C)C(=O)N[C@@H](C)C(=O)N[C@H](C)C(=O)N(C)[C@@H](CC(C)C)C(=O)N(C)[C@H](C=O)CC(C)C)C(C)C)N(C)C(=O)[C@H](C(C)C)N(C)C. The molecule has 0 radical (unpaired) electrons. The first-order valence-corrected chi connectivity index (χ1v) is 30.8. The lowest BCUT2D eigenvalue weighted by molar-refractivity contribution is -0.148. The highest BCUT2D eigenvalue weighted by atomic mass is 16.2. The Kier molecular flexibility index (Phi) is 35.0. The van der Waals surface area contributed by atoms with Gasteiger partial charge >= 0.3 is 0 Å². The van der Waals surface area contributed by atoms with Gasteiger partial charge in [-0.3, -0.25) is 52.8 Å². The van der Waals surface area contributed by atoms with E-state index < -0.39 is 126 Å². The Labute approximate surface area is 511 Å². The first-order valence-electron chi connectivity index (χ1n) is 30.8. The normalized spacial score (nSPS) is 15.7. The molecule has 0 rings (SSSR count). The molecule has 0 aliphatic heterocycles. The topological polar surface area (TPSA) is 259 Å². The quantitative estimate of drug-likeness (QED) is 0.0492. The minimum atomic E-state index is -1.18. The van der Waals surface area contributed by atoms with Crippen LogP contribution in [0.2, 0.25) is 0 Å². The van der Waals surface area contributed by atoms with Crippen molar-refractivity contribution in [2.45, 2.75) is 223 Å². The maximum absolute atomic E-state index is 14.6. The number of nitrogens with zero attached hydrogens (tertiary/aromatic N) is 7. The molecule has 0 heterocycles. The number of hydrogen-bond donors (Lipinski definition) is 4. The molecule has 10 amide bonds. The maximum atomic E-state index is 14.6. The van der Waals surface area contributed by atoms with Crippen molar-refractivity contribution in [3.05, 3.63) is 12.2 Å². The summed E-state index contributed by atoms with van der Waals surface area (Å²) in [5.41, 5.74) is 0. The number of amides is 10. The van der Waals surface area contributed by atoms with Crippen molar-refractivity contribution in [3.8, 4) is 0 Å². The van der Waals surface area contributed by atoms with Gasteiger partial charge in [0.05, 0.1) is 18.6 Å². The van der Waals surface area contributed by atoms with Gasteiger partial charge in [0.15, 0.2) is 0 Å². The van der Waals surface area contributed by atoms with E-state index in [2.05, 4.69) is 21.3 Å². The summed E-state index contributed by atoms with van der Waals surface area (Å²) in [4.78, 5) is 163. The van der Waals surface area contributed by atoms with Crippen molar-refractivity contribution in [3.63, 3.8) is 0 Å². The number of carbonyl (C=O) groups excluding carboxylic acids is 11. The molecule has 0 aliphatic carbocycles. The van der Waals surface area contributed by atoms with Crippen LogP contribution in [-0.2, 0) is 52.7 Å². The van der Waals surface area contributed by atoms with Gasteiger partial charge in [0.25, 0.3) is 0 Å². The van der Waals surface area contributed by atoms with E-state index in [1.54, 1.807) is 34.9 Å². The van der Waals surface area contributed by atoms with Crippen molar-refractivity contribution in [1.82, 2.24) is 55.6 Å². The van der Waals surface area contributed by atoms with Crippen LogP contribution in [0.3, 0.4) is 0 Å². The number of allylic oxidation sites excluding steroid dienone is 2. The van der Waals surface area contributed by atoms with Crippen LogP contribution >= 0.6 is 0 Å². The second-order valence-electron chi connectivity index (χ2n) is 26.2. The van der Waals surface area contributed by atoms with Gasteiger partial charge in [0.2, 0.25) is 59.1 Å². The Morgan fingerprint density at radius 2 is 0.871 bits per heavy atom. The van der Waals surface area contributed by atoms with Gasteiger partial charge in [-0.05, 0) is 121 Å². The average molecular weight is 1200 g/mol. The molecule has 0 fully saturated rings. The predicted molar refractivity (Wildman–Crippen MR) is 334 cm³/mol. The van der Waals surface area contributed by atoms with Crippen molar-refractivity contribution < 1.29 is 52.7 Å². The second kappa shape index (κ2) is 37.6. The summed E-state index contributed by atoms with van der Waals surface area (Å²) in [6, 6.07) is -9.71. The molecule has 488 valence electrons. The van der Waals surface area contributed by atoms with Crippen LogP contribution in [0.1, 0.15) is 163 Å². The summed E-state index contributed by atoms with van der Waals surface area (Å²) >= 11 is 0. The van der Waals surface area contributed by atoms with Gasteiger partial charge in [0, 0.05) is 42.3 Å². The highest BCUT2D eigenvalue weighted by molar-refractivity contribution is 5.98. The molecule has 85 heavy (non-hydrogen) atoms. The van der Waals surface area contributed by atoms with E-state index in [0.29, 0.717) is 25.7 Å². The summed E-state index contributed by atoms with van der Waals surface area (Å²) in [6.07, 6.45) is 6.98. The Morgan fingerprint density at radius 1 is 0.435 bits per heavy atom. The Hall–Kier alpha value is -5.93. The zero-order valence-corrected chi connectivity index (χ0v) is 56.8. The van der Waals surface area contributed by atoms with Gasteiger partial charge in [-0.15, -0.1) is 0 Å². The molecule has 0 saturated carbocycles. The van der Waals surface area contributed by atoms with E-state index in [-0.39, 0.29) is 60.7 Å². The van der Waals surface area contributed by atoms with Crippen molar-refractivity contribution in [2.24, 2.45) is 41.4 Å². The molecule has 1 unspecified atom stereocenters. The van der Waals surface area contributed by atoms with Crippen molar-refractivity contribution in [2.75, 3.05) is 62.9 Å². The molecule has 0 aromatic rings. The lowest BCUT2D eigenvalue weighted by Crippen LogP contribution is -2.60. The van der Waals surface area contributed by atoms with Crippen molar-refractivity contribution >= 4 is 65.4 Å². The molecule has 0 aliphatic rings. The van der Waals surface area contributed by atoms with Crippen LogP contribution in [0.15, 0.2) is 12.2 Å². The number of carbonyl (C=O) groups is 11. The second-order valence-corrected chi connectivity index (χ2v) is 26.2. The number of likely N-dealkylation sites (N-methyl/N-ethyl adjacent to an activating group) is 7. The number of rotatable bonds is 37. The molecule has 22 nitrogen and oxygen atoms in total. The lowest BCUT2D eigenvalue weighted by atomic mass is 9.94. The molecular formula is C63H115N11O11. The fraction of sp³-hybridized carbons (Fsp3) is 0.794. The zero-order valence-electron chi connectivity index (χ0n) is 56.8. The number of nitrogens with one attached hydrogen (secondary N) is 4. The Bertz CT molecular complexity index is 2230. The zero-order chi connectivity index (χ0) is 66.2. The molecule has 0 spiro atoms. The summed E-state index contributed by atoms with van der Waals surface area (Å²) in [5.74, 6) is -5.99. The van der Waals surface area contributed by atoms with Crippen LogP contribution in [0.4, 0.5) is 0 Å². The molecule has 0 aromatic carbocycles. The predicted octanol–water partition coefficient (Wildman–Crippen LogP) is 4.59. The molecule has 4 N–H and O–H groups in total. The lowest BCUT2D eigenvalue weighted by Gasteiger charge is -2.36. The highest BCUT2D eigenvalue weighted by Gasteiger charge is 2.41. The monoisotopic (exact) mass is 1200 g/mol. The standard InChI is InChI=1S/C63H115N11O11/c1-26-28-29-43(15)34-50(73(24)63(85)54(42(13)14)68(18)19)57(79)66-47(27-2)60(82)69(20)35-52(76)71(22)48(31-38(5)6)58(80)67-53(41(11)12)62(84)72(23)49(32-39(7)8)56(78)64-44(16)55(77)65-45(17)59(81)74(25)51(33-40(9)10)61(83)70(21)46(36-75)30-37(3)4/h26,28,36-51,53-54H,27,29-35H2,1-25H3,(H,64,78)(H,65,77)(H,66,79)(H,67,80)/b28-26+/t43-,44+,45-,46+,47+,48+,49+,50+,51+,53?,54+/m1/s1. The van der Waals surface area contributed by atoms with Crippen LogP contribution < -0.4 is 21.3 Å². The average Bonchev–Trinajstić information content (AvgIpc) is 3.27. The third-order valence-corrected chi connectivity index (χ3v) is 15.6. The third kappa shape index (κ3) is 25.1. The molecular weight excluding hydrogens is 1090 g/mol. The number of hydrogen-bond acceptors (Lipinski definition) is 12. The van der Waals surface area contributed by atoms with Crippen LogP contribution in [0.5, 0.6) is 0 Å². The third-order valence-electron chi connectivity index (χ3n) is 15.6. The van der Waals surface area contributed by atoms with E-state index in [1.807, 2.05) is 114 Å². The molecule has 0 aromatic heterocycles. The van der Waals surface area contributed by atoms with Crippen molar-refractivity contribution in [1.29, 1.82) is 0 Å². The fourth-order valence-corrected chi connectivity index (χ4v) is 10.4. The van der Waals surface area contributed by atoms with Crippen LogP contribution in [0.25, 0.3) is 0 Å². The first-order chi connectivity index (χ1) is 39.2. The molecule has 22 heteroatoms. The summed E-state index contributed by atoms with van der Waals surface area (Å²) in [7, 11) is 12.6. The van der Waals surface area contributed by atoms with E-state index >= 15 is 0 Å². The molecule has 0 bridgehead atoms. The van der Waals surface area contributed by atoms with Gasteiger partial charge < -0.3 is 55.5 Å². The highest BCUT2D eigenvalue weighted by Crippen LogP contribution is 2.22.